The number of hydrogen-bond acceptors (Lipinski definition) is 2. The van der Waals surface area contributed by atoms with Gasteiger partial charge in [-0.2, -0.15) is 0 Å². The maximum Gasteiger partial charge on any atom is 0.322 e. The molecule has 4 aromatic rings. The molecule has 0 unspecified atom stereocenters. The van der Waals surface area contributed by atoms with Gasteiger partial charge in [0.05, 0.1) is 18.3 Å². The van der Waals surface area contributed by atoms with Crippen molar-refractivity contribution >= 4 is 23.1 Å². The Hall–Kier alpha value is -3.31. The Labute approximate surface area is 204 Å². The summed E-state index contributed by atoms with van der Waals surface area (Å²) in [7, 11) is 0. The van der Waals surface area contributed by atoms with Gasteiger partial charge in [-0.05, 0) is 73.1 Å². The molecule has 1 N–H and O–H groups in total. The van der Waals surface area contributed by atoms with E-state index in [9.17, 15) is 4.79 Å². The fraction of sp³-hybridized carbons (Fsp3) is 0.276. The first-order valence-corrected chi connectivity index (χ1v) is 13.1. The quantitative estimate of drug-likeness (QED) is 0.342. The van der Waals surface area contributed by atoms with Crippen molar-refractivity contribution in [2.24, 2.45) is 0 Å². The Morgan fingerprint density at radius 2 is 1.76 bits per heavy atom. The average Bonchev–Trinajstić information content (AvgIpc) is 3.47. The molecule has 0 radical (unpaired) electrons. The van der Waals surface area contributed by atoms with Crippen LogP contribution in [0.3, 0.4) is 0 Å². The van der Waals surface area contributed by atoms with E-state index in [-0.39, 0.29) is 12.1 Å². The molecular weight excluding hydrogens is 438 g/mol. The third-order valence-corrected chi connectivity index (χ3v) is 8.50. The summed E-state index contributed by atoms with van der Waals surface area (Å²) in [5.41, 5.74) is 7.17. The zero-order chi connectivity index (χ0) is 23.1. The molecule has 3 heterocycles. The zero-order valence-electron chi connectivity index (χ0n) is 19.5. The van der Waals surface area contributed by atoms with Crippen LogP contribution in [-0.4, -0.2) is 15.5 Å². The number of anilines is 1. The van der Waals surface area contributed by atoms with Crippen LogP contribution < -0.4 is 5.32 Å². The smallest absolute Gasteiger partial charge is 0.310 e. The van der Waals surface area contributed by atoms with Crippen molar-refractivity contribution in [2.45, 2.75) is 51.6 Å². The number of rotatable bonds is 3. The minimum atomic E-state index is -0.162. The van der Waals surface area contributed by atoms with Crippen LogP contribution in [0.15, 0.2) is 72.9 Å². The predicted molar refractivity (Wildman–Crippen MR) is 139 cm³/mol. The van der Waals surface area contributed by atoms with Gasteiger partial charge in [0, 0.05) is 22.3 Å². The van der Waals surface area contributed by atoms with Crippen molar-refractivity contribution in [3.8, 4) is 5.00 Å². The number of nitrogens with one attached hydrogen (secondary N) is 1. The Kier molecular flexibility index (Phi) is 5.50. The molecule has 4 nitrogen and oxygen atoms in total. The fourth-order valence-electron chi connectivity index (χ4n) is 5.39. The van der Waals surface area contributed by atoms with Gasteiger partial charge >= 0.3 is 6.03 Å². The summed E-state index contributed by atoms with van der Waals surface area (Å²) in [6.07, 6.45) is 7.90. The first kappa shape index (κ1) is 21.2. The maximum absolute atomic E-state index is 13.9. The number of thiophene rings is 1. The summed E-state index contributed by atoms with van der Waals surface area (Å²) < 4.78 is 2.33. The molecule has 1 aliphatic heterocycles. The number of carbonyl (C=O) groups excluding carboxylic acids is 1. The summed E-state index contributed by atoms with van der Waals surface area (Å²) in [5.74, 6) is 0. The zero-order valence-corrected chi connectivity index (χ0v) is 20.3. The molecule has 2 amide bonds. The van der Waals surface area contributed by atoms with Gasteiger partial charge in [0.1, 0.15) is 5.00 Å². The molecule has 0 saturated carbocycles. The highest BCUT2D eigenvalue weighted by atomic mass is 32.1. The van der Waals surface area contributed by atoms with Gasteiger partial charge in [-0.1, -0.05) is 49.4 Å². The molecule has 0 fully saturated rings. The molecule has 172 valence electrons. The Bertz CT molecular complexity index is 1320. The number of urea groups is 1. The molecule has 2 aromatic heterocycles. The summed E-state index contributed by atoms with van der Waals surface area (Å²) >= 11 is 1.92. The van der Waals surface area contributed by atoms with E-state index in [0.29, 0.717) is 6.54 Å². The van der Waals surface area contributed by atoms with Crippen molar-refractivity contribution in [3.63, 3.8) is 0 Å². The van der Waals surface area contributed by atoms with Crippen LogP contribution in [0.2, 0.25) is 0 Å². The molecule has 1 atom stereocenters. The number of nitrogens with zero attached hydrogens (tertiary/aromatic N) is 2. The van der Waals surface area contributed by atoms with Crippen LogP contribution in [-0.2, 0) is 25.8 Å². The first-order valence-electron chi connectivity index (χ1n) is 12.3. The Balaban J connectivity index is 1.46. The van der Waals surface area contributed by atoms with Gasteiger partial charge < -0.3 is 14.8 Å². The fourth-order valence-corrected chi connectivity index (χ4v) is 6.80. The summed E-state index contributed by atoms with van der Waals surface area (Å²) in [5, 5.41) is 4.49. The maximum atomic E-state index is 13.9. The van der Waals surface area contributed by atoms with Crippen LogP contribution in [0.25, 0.3) is 5.00 Å². The molecule has 2 aromatic carbocycles. The third-order valence-electron chi connectivity index (χ3n) is 7.17. The molecule has 34 heavy (non-hydrogen) atoms. The lowest BCUT2D eigenvalue weighted by Crippen LogP contribution is -2.38. The number of carbonyl (C=O) groups is 1. The predicted octanol–water partition coefficient (Wildman–Crippen LogP) is 7.12. The van der Waals surface area contributed by atoms with Crippen LogP contribution in [0.1, 0.15) is 58.6 Å². The first-order chi connectivity index (χ1) is 16.7. The molecule has 5 heteroatoms. The van der Waals surface area contributed by atoms with Gasteiger partial charge in [-0.3, -0.25) is 0 Å². The van der Waals surface area contributed by atoms with E-state index in [1.54, 1.807) is 0 Å². The average molecular weight is 468 g/mol. The van der Waals surface area contributed by atoms with E-state index in [1.165, 1.54) is 39.4 Å². The van der Waals surface area contributed by atoms with Gasteiger partial charge in [0.15, 0.2) is 0 Å². The third kappa shape index (κ3) is 3.64. The van der Waals surface area contributed by atoms with Crippen LogP contribution in [0.5, 0.6) is 0 Å². The molecule has 2 aliphatic rings. The van der Waals surface area contributed by atoms with E-state index >= 15 is 0 Å². The molecule has 0 spiro atoms. The SMILES string of the molecule is CCc1ccc(NC(=O)N2Cc3c(sc4c3CCCC4)-n3cccc3[C@@H]2c2ccccc2)cc1. The topological polar surface area (TPSA) is 37.3 Å². The molecule has 0 bridgehead atoms. The minimum Gasteiger partial charge on any atom is -0.310 e. The van der Waals surface area contributed by atoms with Gasteiger partial charge in [-0.25, -0.2) is 4.79 Å². The second-order valence-corrected chi connectivity index (χ2v) is 10.3. The van der Waals surface area contributed by atoms with E-state index < -0.39 is 0 Å². The van der Waals surface area contributed by atoms with Crippen molar-refractivity contribution in [2.75, 3.05) is 5.32 Å². The monoisotopic (exact) mass is 467 g/mol. The van der Waals surface area contributed by atoms with Crippen molar-refractivity contribution < 1.29 is 4.79 Å². The van der Waals surface area contributed by atoms with E-state index in [0.717, 1.165) is 36.2 Å². The molecule has 0 saturated heterocycles. The van der Waals surface area contributed by atoms with Gasteiger partial charge in [0.2, 0.25) is 0 Å². The van der Waals surface area contributed by atoms with Crippen LogP contribution >= 0.6 is 11.3 Å². The van der Waals surface area contributed by atoms with E-state index in [2.05, 4.69) is 71.5 Å². The highest BCUT2D eigenvalue weighted by molar-refractivity contribution is 7.15. The van der Waals surface area contributed by atoms with Crippen molar-refractivity contribution in [1.82, 2.24) is 9.47 Å². The van der Waals surface area contributed by atoms with Crippen LogP contribution in [0.4, 0.5) is 10.5 Å². The summed E-state index contributed by atoms with van der Waals surface area (Å²) in [4.78, 5) is 17.4. The van der Waals surface area contributed by atoms with Crippen molar-refractivity contribution in [1.29, 1.82) is 0 Å². The van der Waals surface area contributed by atoms with Crippen LogP contribution in [0, 0.1) is 0 Å². The van der Waals surface area contributed by atoms with Gasteiger partial charge in [0.25, 0.3) is 0 Å². The van der Waals surface area contributed by atoms with Crippen molar-refractivity contribution in [3.05, 3.63) is 106 Å². The lowest BCUT2D eigenvalue weighted by molar-refractivity contribution is 0.194. The Morgan fingerprint density at radius 1 is 0.971 bits per heavy atom. The number of benzene rings is 2. The number of fused-ring (bicyclic) bond motifs is 5. The second-order valence-electron chi connectivity index (χ2n) is 9.22. The number of aromatic nitrogens is 1. The Morgan fingerprint density at radius 3 is 2.56 bits per heavy atom. The summed E-state index contributed by atoms with van der Waals surface area (Å²) in [6, 6.07) is 22.7. The highest BCUT2D eigenvalue weighted by Gasteiger charge is 2.36. The number of amides is 2. The molecule has 1 aliphatic carbocycles. The minimum absolute atomic E-state index is 0.0607. The molecular formula is C29H29N3OS. The van der Waals surface area contributed by atoms with Gasteiger partial charge in [-0.15, -0.1) is 11.3 Å². The number of hydrogen-bond donors (Lipinski definition) is 1. The lowest BCUT2D eigenvalue weighted by atomic mass is 9.95. The largest absolute Gasteiger partial charge is 0.322 e. The van der Waals surface area contributed by atoms with E-state index in [1.807, 2.05) is 34.4 Å². The second kappa shape index (κ2) is 8.80. The standard InChI is InChI=1S/C29H29N3OS/c1-2-20-14-16-22(17-15-20)30-29(33)32-19-24-23-11-6-7-13-26(23)34-28(24)31-18-8-12-25(31)27(32)21-9-4-3-5-10-21/h3-5,8-10,12,14-18,27H,2,6-7,11,13,19H2,1H3,(H,30,33)/t27-/m0/s1. The number of aryl methyl sites for hydroxylation is 2. The summed E-state index contributed by atoms with van der Waals surface area (Å²) in [6.45, 7) is 2.75. The highest BCUT2D eigenvalue weighted by Crippen LogP contribution is 2.44. The normalized spacial score (nSPS) is 16.9. The molecule has 6 rings (SSSR count). The lowest BCUT2D eigenvalue weighted by Gasteiger charge is -2.31. The van der Waals surface area contributed by atoms with E-state index in [4.69, 9.17) is 0 Å².